The van der Waals surface area contributed by atoms with Gasteiger partial charge >= 0.3 is 5.97 Å². The summed E-state index contributed by atoms with van der Waals surface area (Å²) in [5.41, 5.74) is 2.95. The molecule has 1 atom stereocenters. The molecule has 4 rings (SSSR count). The molecule has 1 aliphatic heterocycles. The Balaban J connectivity index is 1.90. The summed E-state index contributed by atoms with van der Waals surface area (Å²) in [6.45, 7) is 15.0. The van der Waals surface area contributed by atoms with Gasteiger partial charge < -0.3 is 14.7 Å². The minimum atomic E-state index is -1.18. The number of halogens is 1. The Kier molecular flexibility index (Phi) is 7.62. The molecule has 2 aromatic heterocycles. The molecule has 0 aliphatic carbocycles. The van der Waals surface area contributed by atoms with E-state index in [-0.39, 0.29) is 5.41 Å². The Morgan fingerprint density at radius 2 is 1.97 bits per heavy atom. The third-order valence-electron chi connectivity index (χ3n) is 6.72. The molecule has 1 saturated heterocycles. The number of ether oxygens (including phenoxy) is 1. The first-order valence-corrected chi connectivity index (χ1v) is 13.3. The molecule has 37 heavy (non-hydrogen) atoms. The average molecular weight is 568 g/mol. The number of hydrogen-bond acceptors (Lipinski definition) is 5. The maximum absolute atomic E-state index is 12.6. The van der Waals surface area contributed by atoms with Gasteiger partial charge in [0.05, 0.1) is 16.9 Å². The number of carbonyl (C=O) groups is 1. The number of aromatic nitrogens is 3. The molecule has 0 radical (unpaired) electrons. The first kappa shape index (κ1) is 27.1. The fraction of sp³-hybridized carbons (Fsp3) is 0.414. The lowest BCUT2D eigenvalue weighted by Crippen LogP contribution is -2.40. The Hall–Kier alpha value is -2.97. The van der Waals surface area contributed by atoms with Crippen LogP contribution in [0.3, 0.4) is 0 Å². The zero-order valence-electron chi connectivity index (χ0n) is 22.2. The van der Waals surface area contributed by atoms with E-state index in [2.05, 4.69) is 40.4 Å². The van der Waals surface area contributed by atoms with Crippen LogP contribution >= 0.6 is 15.9 Å². The first-order valence-electron chi connectivity index (χ1n) is 12.5. The smallest absolute Gasteiger partial charge is 0.337 e. The monoisotopic (exact) mass is 566 g/mol. The normalized spacial score (nSPS) is 16.9. The predicted octanol–water partition coefficient (Wildman–Crippen LogP) is 6.76. The number of anilines is 1. The zero-order chi connectivity index (χ0) is 27.0. The SMILES string of the molecule is C=CC=CC1(C)CCN(c2c(C(OC(C)(C)C)C(=O)O)c(C)nc3cc(-c4cccc(Br)c4)nn23)CC1. The maximum Gasteiger partial charge on any atom is 0.337 e. The van der Waals surface area contributed by atoms with Crippen LogP contribution in [0, 0.1) is 12.3 Å². The highest BCUT2D eigenvalue weighted by atomic mass is 79.9. The molecule has 8 heteroatoms. The van der Waals surface area contributed by atoms with Gasteiger partial charge in [0, 0.05) is 34.9 Å². The number of rotatable bonds is 7. The summed E-state index contributed by atoms with van der Waals surface area (Å²) in [6.07, 6.45) is 6.67. The van der Waals surface area contributed by atoms with Gasteiger partial charge in [-0.2, -0.15) is 9.61 Å². The molecule has 0 bridgehead atoms. The number of carboxylic acids is 1. The summed E-state index contributed by atoms with van der Waals surface area (Å²) in [4.78, 5) is 19.6. The van der Waals surface area contributed by atoms with Crippen LogP contribution in [0.25, 0.3) is 16.9 Å². The van der Waals surface area contributed by atoms with Crippen LogP contribution in [0.5, 0.6) is 0 Å². The van der Waals surface area contributed by atoms with Crippen LogP contribution in [0.4, 0.5) is 5.82 Å². The summed E-state index contributed by atoms with van der Waals surface area (Å²) in [5, 5.41) is 15.2. The van der Waals surface area contributed by atoms with Gasteiger partial charge in [0.25, 0.3) is 0 Å². The summed E-state index contributed by atoms with van der Waals surface area (Å²) in [6, 6.07) is 9.90. The van der Waals surface area contributed by atoms with Gasteiger partial charge in [0.2, 0.25) is 0 Å². The molecule has 0 spiro atoms. The molecule has 0 saturated carbocycles. The Morgan fingerprint density at radius 3 is 2.57 bits per heavy atom. The molecular weight excluding hydrogens is 532 g/mol. The van der Waals surface area contributed by atoms with E-state index in [1.165, 1.54) is 0 Å². The van der Waals surface area contributed by atoms with Crippen LogP contribution in [0.15, 0.2) is 59.6 Å². The second-order valence-electron chi connectivity index (χ2n) is 10.9. The van der Waals surface area contributed by atoms with E-state index in [0.717, 1.165) is 47.5 Å². The van der Waals surface area contributed by atoms with Crippen molar-refractivity contribution in [1.29, 1.82) is 0 Å². The van der Waals surface area contributed by atoms with Crippen molar-refractivity contribution in [3.63, 3.8) is 0 Å². The minimum Gasteiger partial charge on any atom is -0.479 e. The zero-order valence-corrected chi connectivity index (χ0v) is 23.7. The molecule has 196 valence electrons. The van der Waals surface area contributed by atoms with Gasteiger partial charge in [-0.05, 0) is 58.1 Å². The van der Waals surface area contributed by atoms with E-state index in [1.807, 2.05) is 64.1 Å². The first-order chi connectivity index (χ1) is 17.4. The van der Waals surface area contributed by atoms with Crippen LogP contribution in [0.1, 0.15) is 57.9 Å². The van der Waals surface area contributed by atoms with Gasteiger partial charge in [-0.3, -0.25) is 0 Å². The van der Waals surface area contributed by atoms with Crippen molar-refractivity contribution in [2.45, 2.75) is 59.2 Å². The quantitative estimate of drug-likeness (QED) is 0.318. The second-order valence-corrected chi connectivity index (χ2v) is 11.8. The van der Waals surface area contributed by atoms with Gasteiger partial charge in [0.15, 0.2) is 11.8 Å². The minimum absolute atomic E-state index is 0.0474. The molecule has 1 aliphatic rings. The molecule has 7 nitrogen and oxygen atoms in total. The molecule has 1 unspecified atom stereocenters. The van der Waals surface area contributed by atoms with Crippen LogP contribution < -0.4 is 4.90 Å². The van der Waals surface area contributed by atoms with Crippen LogP contribution in [-0.4, -0.2) is 44.4 Å². The maximum atomic E-state index is 12.6. The molecule has 1 fully saturated rings. The van der Waals surface area contributed by atoms with Gasteiger partial charge in [0.1, 0.15) is 5.82 Å². The summed E-state index contributed by atoms with van der Waals surface area (Å²) < 4.78 is 8.86. The fourth-order valence-corrected chi connectivity index (χ4v) is 5.20. The molecular formula is C29H35BrN4O3. The standard InChI is InChI=1S/C29H35BrN4O3/c1-7-8-12-29(6)13-15-33(16-14-29)26-24(25(27(35)36)37-28(3,4)5)19(2)31-23-18-22(32-34(23)26)20-10-9-11-21(30)17-20/h7-12,17-18,25H,1,13-16H2,2-6H3,(H,35,36). The highest BCUT2D eigenvalue weighted by Crippen LogP contribution is 2.40. The number of benzene rings is 1. The lowest BCUT2D eigenvalue weighted by Gasteiger charge is -2.40. The van der Waals surface area contributed by atoms with Gasteiger partial charge in [-0.1, -0.05) is 59.8 Å². The number of aliphatic carboxylic acids is 1. The highest BCUT2D eigenvalue weighted by molar-refractivity contribution is 9.10. The molecule has 0 amide bonds. The molecule has 3 aromatic rings. The van der Waals surface area contributed by atoms with Crippen molar-refractivity contribution in [1.82, 2.24) is 14.6 Å². The van der Waals surface area contributed by atoms with Crippen molar-refractivity contribution in [3.8, 4) is 11.3 Å². The van der Waals surface area contributed by atoms with E-state index in [9.17, 15) is 9.90 Å². The van der Waals surface area contributed by atoms with Crippen LogP contribution in [0.2, 0.25) is 0 Å². The Bertz CT molecular complexity index is 1350. The topological polar surface area (TPSA) is 80.0 Å². The van der Waals surface area contributed by atoms with Crippen molar-refractivity contribution in [3.05, 3.63) is 70.9 Å². The summed E-state index contributed by atoms with van der Waals surface area (Å²) >= 11 is 3.54. The van der Waals surface area contributed by atoms with Crippen molar-refractivity contribution in [2.75, 3.05) is 18.0 Å². The number of allylic oxidation sites excluding steroid dienone is 3. The van der Waals surface area contributed by atoms with Crippen molar-refractivity contribution >= 4 is 33.4 Å². The van der Waals surface area contributed by atoms with E-state index in [4.69, 9.17) is 14.8 Å². The Morgan fingerprint density at radius 1 is 1.27 bits per heavy atom. The summed E-state index contributed by atoms with van der Waals surface area (Å²) in [7, 11) is 0. The van der Waals surface area contributed by atoms with Crippen LogP contribution in [-0.2, 0) is 9.53 Å². The van der Waals surface area contributed by atoms with E-state index >= 15 is 0 Å². The number of nitrogens with zero attached hydrogens (tertiary/aromatic N) is 4. The van der Waals surface area contributed by atoms with E-state index < -0.39 is 17.7 Å². The average Bonchev–Trinajstić information content (AvgIpc) is 3.24. The van der Waals surface area contributed by atoms with Gasteiger partial charge in [-0.15, -0.1) is 0 Å². The Labute approximate surface area is 227 Å². The number of aryl methyl sites for hydroxylation is 1. The van der Waals surface area contributed by atoms with Gasteiger partial charge in [-0.25, -0.2) is 9.78 Å². The molecule has 3 heterocycles. The lowest BCUT2D eigenvalue weighted by atomic mass is 9.80. The number of piperidine rings is 1. The van der Waals surface area contributed by atoms with Crippen molar-refractivity contribution < 1.29 is 14.6 Å². The molecule has 1 N–H and O–H groups in total. The predicted molar refractivity (Wildman–Crippen MR) is 151 cm³/mol. The molecule has 1 aromatic carbocycles. The highest BCUT2D eigenvalue weighted by Gasteiger charge is 2.36. The van der Waals surface area contributed by atoms with Crippen molar-refractivity contribution in [2.24, 2.45) is 5.41 Å². The number of hydrogen-bond donors (Lipinski definition) is 1. The summed E-state index contributed by atoms with van der Waals surface area (Å²) in [5.74, 6) is -0.314. The number of fused-ring (bicyclic) bond motifs is 1. The fourth-order valence-electron chi connectivity index (χ4n) is 4.80. The second kappa shape index (κ2) is 10.4. The number of carboxylic acid groups (broad SMARTS) is 1. The third-order valence-corrected chi connectivity index (χ3v) is 7.22. The largest absolute Gasteiger partial charge is 0.479 e. The van der Waals surface area contributed by atoms with E-state index in [0.29, 0.717) is 16.9 Å². The lowest BCUT2D eigenvalue weighted by molar-refractivity contribution is -0.160. The third kappa shape index (κ3) is 5.96. The van der Waals surface area contributed by atoms with E-state index in [1.54, 1.807) is 10.6 Å².